The highest BCUT2D eigenvalue weighted by Gasteiger charge is 2.64. The smallest absolute Gasteiger partial charge is 0.312 e. The van der Waals surface area contributed by atoms with Gasteiger partial charge in [0.05, 0.1) is 81.1 Å². The second kappa shape index (κ2) is 51.1. The maximum absolute atomic E-state index is 12.8. The minimum atomic E-state index is -2.99. The molecule has 0 radical (unpaired) electrons. The number of benzene rings is 8. The summed E-state index contributed by atoms with van der Waals surface area (Å²) in [6.45, 7) is 17.1. The zero-order chi connectivity index (χ0) is 103. The van der Waals surface area contributed by atoms with Crippen molar-refractivity contribution in [1.29, 1.82) is 0 Å². The molecule has 16 bridgehead atoms. The van der Waals surface area contributed by atoms with Gasteiger partial charge >= 0.3 is 23.9 Å². The highest BCUT2D eigenvalue weighted by molar-refractivity contribution is 7.98. The fourth-order valence-electron chi connectivity index (χ4n) is 27.0. The highest BCUT2D eigenvalue weighted by Crippen LogP contribution is 2.66. The van der Waals surface area contributed by atoms with Crippen LogP contribution in [0.4, 0.5) is 35.1 Å². The SMILES string of the molecule is C.C.C.C.CC(C)(C)c1ccc([S+]2CCOCC2)cc1.CC(C)(C)c1ccc([S+]2CCOCC2)cc1.CC(F)(F)COC(=O)C12CC3CC(CC(C3)C1)C2.CC(F)(F)COC(=O)C12CC3CC(CC(C3)C1)C2.CC(F)(F)COC(=O)C12CC3CC(CC(O)(C3)C1)C2.CC(F)(F)COC(=O)C12CC3CC(CC(O)(C3)C1)C2.c1ccc([S+](c2ccccc2)c2ccccc2)cc1.c1ccc([S+](c2ccccc2)c2ccccc2)cc1. The normalized spacial score (nSPS) is 28.4. The van der Waals surface area contributed by atoms with Crippen LogP contribution in [0, 0.1) is 80.8 Å². The molecule has 8 aromatic rings. The van der Waals surface area contributed by atoms with E-state index in [-0.39, 0.29) is 74.3 Å². The molecule has 0 aromatic heterocycles. The summed E-state index contributed by atoms with van der Waals surface area (Å²) in [5.74, 6) is -3.60. The number of carbonyl (C=O) groups is 4. The summed E-state index contributed by atoms with van der Waals surface area (Å²) in [5.41, 5.74) is -0.403. The van der Waals surface area contributed by atoms with E-state index < -0.39 is 94.9 Å². The van der Waals surface area contributed by atoms with Gasteiger partial charge in [-0.2, -0.15) is 0 Å². The van der Waals surface area contributed by atoms with E-state index in [0.717, 1.165) is 131 Å². The molecule has 16 aliphatic carbocycles. The van der Waals surface area contributed by atoms with Gasteiger partial charge in [0.15, 0.2) is 65.6 Å². The molecule has 18 fully saturated rings. The van der Waals surface area contributed by atoms with Crippen molar-refractivity contribution >= 4 is 67.5 Å². The third-order valence-electron chi connectivity index (χ3n) is 31.6. The second-order valence-electron chi connectivity index (χ2n) is 47.0. The largest absolute Gasteiger partial charge is 0.459 e. The number of carbonyl (C=O) groups excluding carboxylic acids is 4. The summed E-state index contributed by atoms with van der Waals surface area (Å²) >= 11 is 0. The Morgan fingerprint density at radius 1 is 0.284 bits per heavy atom. The molecule has 12 nitrogen and oxygen atoms in total. The molecule has 26 rings (SSSR count). The van der Waals surface area contributed by atoms with Gasteiger partial charge in [0.1, 0.15) is 23.0 Å². The summed E-state index contributed by atoms with van der Waals surface area (Å²) in [4.78, 5) is 60.0. The molecule has 18 aliphatic rings. The Bertz CT molecular complexity index is 4810. The Labute approximate surface area is 890 Å². The van der Waals surface area contributed by atoms with Crippen LogP contribution in [0.2, 0.25) is 0 Å². The molecular weight excluding hydrogens is 1960 g/mol. The molecule has 24 heteroatoms. The fraction of sp³-hybridized carbons (Fsp3) is 0.581. The van der Waals surface area contributed by atoms with E-state index in [0.29, 0.717) is 119 Å². The van der Waals surface area contributed by atoms with Crippen LogP contribution in [0.5, 0.6) is 0 Å². The van der Waals surface area contributed by atoms with Crippen molar-refractivity contribution < 1.29 is 92.9 Å². The third-order valence-corrected chi connectivity index (χ3v) is 40.5. The lowest BCUT2D eigenvalue weighted by Crippen LogP contribution is -2.58. The monoisotopic (exact) mass is 2130 g/mol. The third kappa shape index (κ3) is 32.7. The second-order valence-corrected chi connectivity index (χ2v) is 55.6. The molecule has 0 spiro atoms. The summed E-state index contributed by atoms with van der Waals surface area (Å²) < 4.78 is 133. The number of ether oxygens (including phenoxy) is 6. The zero-order valence-corrected chi connectivity index (χ0v) is 89.1. The number of rotatable bonds is 20. The average Bonchev–Trinajstić information content (AvgIpc) is 0.723. The molecule has 4 unspecified atom stereocenters. The van der Waals surface area contributed by atoms with Crippen molar-refractivity contribution in [2.45, 2.75) is 338 Å². The van der Waals surface area contributed by atoms with Crippen molar-refractivity contribution in [2.24, 2.45) is 80.8 Å². The summed E-state index contributed by atoms with van der Waals surface area (Å²) in [7, 11) is 0.835. The minimum Gasteiger partial charge on any atom is -0.459 e. The molecule has 2 N–H and O–H groups in total. The molecule has 2 saturated heterocycles. The lowest BCUT2D eigenvalue weighted by molar-refractivity contribution is -0.201. The first kappa shape index (κ1) is 121. The van der Waals surface area contributed by atoms with Gasteiger partial charge in [0.25, 0.3) is 23.7 Å². The van der Waals surface area contributed by atoms with Crippen LogP contribution in [0.15, 0.2) is 270 Å². The van der Waals surface area contributed by atoms with Crippen LogP contribution in [-0.2, 0) is 102 Å². The van der Waals surface area contributed by atoms with Crippen LogP contribution in [0.1, 0.15) is 264 Å². The first-order chi connectivity index (χ1) is 68.2. The van der Waals surface area contributed by atoms with E-state index in [2.05, 4.69) is 272 Å². The van der Waals surface area contributed by atoms with Gasteiger partial charge < -0.3 is 38.6 Å². The molecule has 2 aliphatic heterocycles. The molecule has 16 saturated carbocycles. The lowest BCUT2D eigenvalue weighted by Gasteiger charge is -2.58. The van der Waals surface area contributed by atoms with Crippen LogP contribution < -0.4 is 0 Å². The van der Waals surface area contributed by atoms with E-state index in [9.17, 15) is 64.5 Å². The lowest BCUT2D eigenvalue weighted by atomic mass is 9.48. The molecule has 2 heterocycles. The topological polar surface area (TPSA) is 164 Å². The Morgan fingerprint density at radius 2 is 0.466 bits per heavy atom. The molecule has 812 valence electrons. The Hall–Kier alpha value is -7.68. The van der Waals surface area contributed by atoms with Gasteiger partial charge in [-0.25, -0.2) is 35.1 Å². The van der Waals surface area contributed by atoms with Crippen LogP contribution in [-0.4, -0.2) is 145 Å². The van der Waals surface area contributed by atoms with Crippen LogP contribution in [0.3, 0.4) is 0 Å². The van der Waals surface area contributed by atoms with Gasteiger partial charge in [-0.3, -0.25) is 19.2 Å². The van der Waals surface area contributed by atoms with Gasteiger partial charge in [-0.15, -0.1) is 0 Å². The average molecular weight is 2130 g/mol. The fourth-order valence-corrected chi connectivity index (χ4v) is 34.9. The standard InChI is InChI=1S/2C18H15S.2C14H20F2O3.2C14H20F2O2.2C14H21OS.4CH4/c2*1-4-10-16(11-5-1)19(17-12-6-2-7-13-17)18-14-8-3-9-15-18;2*1-12(15,16)8-19-11(17)13-3-9-2-10(4-13)6-14(18,5-9)7-13;2*1-13(15,16)8-18-12(17)14-5-9-2-10(6-14)4-11(3-9)7-14;2*1-14(2,3)12-4-6-13(7-5-12)16-10-8-15-9-11-16;;;;/h2*1-15H;2*9-10,18H,2-8H2,1H3;2*9-11H,2-8H2,1H3;2*4-7H,8-11H2,1-3H3;4*1H4/q2*+1;;;;;2*+1;;;;. The van der Waals surface area contributed by atoms with Gasteiger partial charge in [0.2, 0.25) is 0 Å². The molecular formula is C124H168F8O12S4+4. The molecule has 4 atom stereocenters. The zero-order valence-electron chi connectivity index (χ0n) is 85.8. The molecule has 148 heavy (non-hydrogen) atoms. The van der Waals surface area contributed by atoms with Crippen molar-refractivity contribution in [3.05, 3.63) is 242 Å². The van der Waals surface area contributed by atoms with E-state index in [1.54, 1.807) is 0 Å². The maximum Gasteiger partial charge on any atom is 0.312 e. The first-order valence-electron chi connectivity index (χ1n) is 52.3. The number of hydrogen-bond donors (Lipinski definition) is 2. The Morgan fingerprint density at radius 3 is 0.649 bits per heavy atom. The van der Waals surface area contributed by atoms with E-state index >= 15 is 0 Å². The van der Waals surface area contributed by atoms with E-state index in [1.807, 2.05) is 0 Å². The number of aliphatic hydroxyl groups is 2. The van der Waals surface area contributed by atoms with Crippen LogP contribution >= 0.6 is 0 Å². The van der Waals surface area contributed by atoms with Crippen molar-refractivity contribution in [2.75, 3.05) is 75.9 Å². The van der Waals surface area contributed by atoms with Crippen LogP contribution in [0.25, 0.3) is 0 Å². The predicted octanol–water partition coefficient (Wildman–Crippen LogP) is 29.9. The molecule has 0 amide bonds. The number of esters is 4. The molecule has 8 aromatic carbocycles. The quantitative estimate of drug-likeness (QED) is 0.0322. The number of alkyl halides is 8. The van der Waals surface area contributed by atoms with Crippen molar-refractivity contribution in [3.63, 3.8) is 0 Å². The van der Waals surface area contributed by atoms with E-state index in [4.69, 9.17) is 28.4 Å². The van der Waals surface area contributed by atoms with Gasteiger partial charge in [-0.1, -0.05) is 205 Å². The van der Waals surface area contributed by atoms with Crippen molar-refractivity contribution in [1.82, 2.24) is 0 Å². The first-order valence-corrected chi connectivity index (χ1v) is 57.9. The predicted molar refractivity (Wildman–Crippen MR) is 584 cm³/mol. The maximum atomic E-state index is 12.8. The number of halogens is 8. The Balaban J connectivity index is 0.000000160. The highest BCUT2D eigenvalue weighted by atomic mass is 32.2. The van der Waals surface area contributed by atoms with Gasteiger partial charge in [-0.05, 0) is 332 Å². The minimum absolute atomic E-state index is 0. The summed E-state index contributed by atoms with van der Waals surface area (Å²) in [5, 5.41) is 21.0. The van der Waals surface area contributed by atoms with Gasteiger partial charge in [0, 0.05) is 49.5 Å². The van der Waals surface area contributed by atoms with Crippen molar-refractivity contribution in [3.8, 4) is 0 Å². The van der Waals surface area contributed by atoms with E-state index in [1.165, 1.54) is 112 Å². The summed E-state index contributed by atoms with van der Waals surface area (Å²) in [6.07, 6.45) is 21.3. The summed E-state index contributed by atoms with van der Waals surface area (Å²) in [6, 6.07) is 82.7. The Kier molecular flexibility index (Phi) is 41.6. The number of hydrogen-bond acceptors (Lipinski definition) is 12.